The lowest BCUT2D eigenvalue weighted by atomic mass is 10.2. The zero-order chi connectivity index (χ0) is 26.2. The van der Waals surface area contributed by atoms with Crippen molar-refractivity contribution in [2.75, 3.05) is 10.6 Å². The number of fused-ring (bicyclic) bond motifs is 3. The number of hydrogen-bond acceptors (Lipinski definition) is 4. The van der Waals surface area contributed by atoms with Gasteiger partial charge in [0.1, 0.15) is 36.9 Å². The average molecular weight is 501 g/mol. The fourth-order valence-corrected chi connectivity index (χ4v) is 4.61. The van der Waals surface area contributed by atoms with E-state index in [-0.39, 0.29) is 23.2 Å². The molecule has 0 aliphatic heterocycles. The van der Waals surface area contributed by atoms with Gasteiger partial charge in [-0.15, -0.1) is 0 Å². The molecule has 0 fully saturated rings. The number of anilines is 2. The highest BCUT2D eigenvalue weighted by molar-refractivity contribution is 6.06. The predicted molar refractivity (Wildman–Crippen MR) is 146 cm³/mol. The van der Waals surface area contributed by atoms with E-state index < -0.39 is 0 Å². The van der Waals surface area contributed by atoms with Gasteiger partial charge in [-0.2, -0.15) is 9.13 Å². The van der Waals surface area contributed by atoms with Crippen molar-refractivity contribution in [1.29, 1.82) is 0 Å². The molecule has 2 N–H and O–H groups in total. The van der Waals surface area contributed by atoms with Gasteiger partial charge in [0.05, 0.1) is 0 Å². The van der Waals surface area contributed by atoms with Gasteiger partial charge in [0.2, 0.25) is 11.0 Å². The molecular weight excluding hydrogens is 476 g/mol. The molecule has 0 saturated carbocycles. The molecular formula is C30H24N6O2+2. The zero-order valence-corrected chi connectivity index (χ0v) is 20.8. The second-order valence-corrected chi connectivity index (χ2v) is 9.14. The van der Waals surface area contributed by atoms with E-state index in [1.54, 1.807) is 24.3 Å². The summed E-state index contributed by atoms with van der Waals surface area (Å²) < 4.78 is 3.92. The van der Waals surface area contributed by atoms with Gasteiger partial charge < -0.3 is 10.6 Å². The summed E-state index contributed by atoms with van der Waals surface area (Å²) in [6.45, 7) is 0. The van der Waals surface area contributed by atoms with Crippen LogP contribution >= 0.6 is 0 Å². The van der Waals surface area contributed by atoms with Crippen LogP contribution in [0.2, 0.25) is 0 Å². The van der Waals surface area contributed by atoms with Crippen LogP contribution in [0.1, 0.15) is 21.0 Å². The molecule has 184 valence electrons. The normalized spacial score (nSPS) is 11.1. The maximum atomic E-state index is 13.0. The molecule has 4 aromatic heterocycles. The summed E-state index contributed by atoms with van der Waals surface area (Å²) in [6, 6.07) is 26.6. The van der Waals surface area contributed by atoms with E-state index >= 15 is 0 Å². The molecule has 0 bridgehead atoms. The molecule has 8 heteroatoms. The minimum Gasteiger partial charge on any atom is -0.316 e. The molecule has 0 spiro atoms. The van der Waals surface area contributed by atoms with Gasteiger partial charge in [0.25, 0.3) is 11.8 Å². The second-order valence-electron chi connectivity index (χ2n) is 9.14. The van der Waals surface area contributed by atoms with E-state index in [4.69, 9.17) is 0 Å². The highest BCUT2D eigenvalue weighted by Gasteiger charge is 2.16. The highest BCUT2D eigenvalue weighted by atomic mass is 16.2. The lowest BCUT2D eigenvalue weighted by molar-refractivity contribution is -0.644. The van der Waals surface area contributed by atoms with Crippen molar-refractivity contribution in [3.63, 3.8) is 0 Å². The van der Waals surface area contributed by atoms with Crippen LogP contribution in [0.5, 0.6) is 0 Å². The molecule has 0 atom stereocenters. The van der Waals surface area contributed by atoms with Gasteiger partial charge in [-0.25, -0.2) is 9.97 Å². The van der Waals surface area contributed by atoms with Gasteiger partial charge in [-0.05, 0) is 48.5 Å². The Labute approximate surface area is 218 Å². The van der Waals surface area contributed by atoms with Crippen LogP contribution in [0, 0.1) is 0 Å². The van der Waals surface area contributed by atoms with Crippen molar-refractivity contribution in [3.8, 4) is 0 Å². The third-order valence-electron chi connectivity index (χ3n) is 6.45. The van der Waals surface area contributed by atoms with E-state index in [2.05, 4.69) is 20.6 Å². The number of nitrogens with one attached hydrogen (secondary N) is 2. The van der Waals surface area contributed by atoms with Crippen LogP contribution in [-0.4, -0.2) is 21.8 Å². The van der Waals surface area contributed by atoms with E-state index in [0.717, 1.165) is 27.2 Å². The van der Waals surface area contributed by atoms with Crippen molar-refractivity contribution >= 4 is 56.0 Å². The summed E-state index contributed by atoms with van der Waals surface area (Å²) in [7, 11) is 3.86. The Kier molecular flexibility index (Phi) is 5.69. The third kappa shape index (κ3) is 4.39. The Morgan fingerprint density at radius 2 is 1.05 bits per heavy atom. The maximum Gasteiger partial charge on any atom is 0.274 e. The Bertz CT molecular complexity index is 1770. The monoisotopic (exact) mass is 500 g/mol. The summed E-state index contributed by atoms with van der Waals surface area (Å²) in [5.74, 6) is -0.718. The van der Waals surface area contributed by atoms with E-state index in [1.165, 1.54) is 0 Å². The van der Waals surface area contributed by atoms with Crippen LogP contribution in [0.4, 0.5) is 11.4 Å². The summed E-state index contributed by atoms with van der Waals surface area (Å²) in [6.07, 6.45) is 3.71. The smallest absolute Gasteiger partial charge is 0.274 e. The van der Waals surface area contributed by atoms with Crippen LogP contribution in [-0.2, 0) is 14.1 Å². The first-order chi connectivity index (χ1) is 18.4. The Hall–Kier alpha value is -5.24. The van der Waals surface area contributed by atoms with Crippen molar-refractivity contribution < 1.29 is 18.7 Å². The second kappa shape index (κ2) is 9.33. The molecule has 38 heavy (non-hydrogen) atoms. The Balaban J connectivity index is 1.25. The van der Waals surface area contributed by atoms with Gasteiger partial charge in [-0.3, -0.25) is 9.59 Å². The summed E-state index contributed by atoms with van der Waals surface area (Å²) in [4.78, 5) is 34.9. The van der Waals surface area contributed by atoms with Crippen LogP contribution in [0.25, 0.3) is 32.8 Å². The number of aromatic nitrogens is 4. The molecule has 6 aromatic rings. The van der Waals surface area contributed by atoms with Crippen LogP contribution in [0.3, 0.4) is 0 Å². The van der Waals surface area contributed by atoms with E-state index in [9.17, 15) is 9.59 Å². The van der Waals surface area contributed by atoms with Crippen LogP contribution < -0.4 is 19.8 Å². The summed E-state index contributed by atoms with van der Waals surface area (Å²) in [5.41, 5.74) is 4.16. The molecule has 0 aliphatic rings. The summed E-state index contributed by atoms with van der Waals surface area (Å²) in [5, 5.41) is 8.58. The average Bonchev–Trinajstić information content (AvgIpc) is 2.92. The standard InChI is InChI=1S/C30H22N6O2/c1-35-17-22(15-20-7-3-5-9-26(20)35)31-29(37)24-13-11-19-12-14-25(34-28(19)33-24)30(38)32-23-16-21-8-4-6-10-27(21)36(2)18-23/h3-18H,1-2H3/p+2. The fourth-order valence-electron chi connectivity index (χ4n) is 4.61. The Morgan fingerprint density at radius 1 is 0.605 bits per heavy atom. The van der Waals surface area contributed by atoms with Gasteiger partial charge in [0.15, 0.2) is 18.0 Å². The number of amides is 2. The molecule has 6 rings (SSSR count). The zero-order valence-electron chi connectivity index (χ0n) is 20.8. The van der Waals surface area contributed by atoms with E-state index in [1.807, 2.05) is 96.3 Å². The number of carbonyl (C=O) groups excluding carboxylic acids is 2. The minimum atomic E-state index is -0.359. The first kappa shape index (κ1) is 23.2. The number of pyridine rings is 4. The molecule has 8 nitrogen and oxygen atoms in total. The first-order valence-corrected chi connectivity index (χ1v) is 12.1. The fraction of sp³-hybridized carbons (Fsp3) is 0.0667. The molecule has 0 aliphatic carbocycles. The molecule has 4 heterocycles. The van der Waals surface area contributed by atoms with Gasteiger partial charge in [0, 0.05) is 28.3 Å². The predicted octanol–water partition coefficient (Wildman–Crippen LogP) is 4.09. The number of benzene rings is 2. The molecule has 0 saturated heterocycles. The number of para-hydroxylation sites is 2. The van der Waals surface area contributed by atoms with Crippen molar-refractivity contribution in [2.24, 2.45) is 14.1 Å². The number of aryl methyl sites for hydroxylation is 2. The number of rotatable bonds is 4. The summed E-state index contributed by atoms with van der Waals surface area (Å²) >= 11 is 0. The lowest BCUT2D eigenvalue weighted by Crippen LogP contribution is -2.29. The highest BCUT2D eigenvalue weighted by Crippen LogP contribution is 2.18. The van der Waals surface area contributed by atoms with Crippen molar-refractivity contribution in [3.05, 3.63) is 109 Å². The molecule has 2 amide bonds. The lowest BCUT2D eigenvalue weighted by Gasteiger charge is -2.07. The SMILES string of the molecule is C[n+]1cc(NC(=O)c2ccc3ccc(C(=O)Nc4cc5ccccc5[n+](C)c4)nc3n2)cc2ccccc21. The maximum absolute atomic E-state index is 13.0. The van der Waals surface area contributed by atoms with Gasteiger partial charge >= 0.3 is 0 Å². The third-order valence-corrected chi connectivity index (χ3v) is 6.45. The quantitative estimate of drug-likeness (QED) is 0.357. The topological polar surface area (TPSA) is 91.7 Å². The molecule has 2 aromatic carbocycles. The van der Waals surface area contributed by atoms with E-state index in [0.29, 0.717) is 17.0 Å². The number of hydrogen-bond donors (Lipinski definition) is 2. The largest absolute Gasteiger partial charge is 0.316 e. The van der Waals surface area contributed by atoms with Crippen molar-refractivity contribution in [1.82, 2.24) is 9.97 Å². The molecule has 0 unspecified atom stereocenters. The van der Waals surface area contributed by atoms with Gasteiger partial charge in [-0.1, -0.05) is 24.3 Å². The van der Waals surface area contributed by atoms with Crippen molar-refractivity contribution in [2.45, 2.75) is 0 Å². The molecule has 0 radical (unpaired) electrons. The number of nitrogens with zero attached hydrogens (tertiary/aromatic N) is 4. The minimum absolute atomic E-state index is 0.208. The number of carbonyl (C=O) groups is 2. The Morgan fingerprint density at radius 3 is 1.53 bits per heavy atom. The van der Waals surface area contributed by atoms with Crippen LogP contribution in [0.15, 0.2) is 97.3 Å². The first-order valence-electron chi connectivity index (χ1n) is 12.1.